The number of nitriles is 1. The number of fused-ring (bicyclic) bond motifs is 1. The van der Waals surface area contributed by atoms with Gasteiger partial charge in [-0.15, -0.1) is 0 Å². The number of aryl methyl sites for hydroxylation is 1. The second kappa shape index (κ2) is 8.33. The Bertz CT molecular complexity index is 1540. The van der Waals surface area contributed by atoms with Crippen molar-refractivity contribution < 1.29 is 0 Å². The first-order valence-electron chi connectivity index (χ1n) is 10.7. The van der Waals surface area contributed by atoms with E-state index in [1.54, 1.807) is 4.52 Å². The number of pyridine rings is 2. The van der Waals surface area contributed by atoms with Crippen molar-refractivity contribution in [3.63, 3.8) is 0 Å². The number of H-pyrrole nitrogens is 1. The normalized spacial score (nSPS) is 10.9. The second-order valence-corrected chi connectivity index (χ2v) is 8.20. The Balaban J connectivity index is 1.69. The Kier molecular flexibility index (Phi) is 5.18. The van der Waals surface area contributed by atoms with Crippen LogP contribution in [-0.2, 0) is 0 Å². The van der Waals surface area contributed by atoms with E-state index in [2.05, 4.69) is 21.1 Å². The molecule has 0 radical (unpaired) electrons. The zero-order chi connectivity index (χ0) is 23.8. The average Bonchev–Trinajstić information content (AvgIpc) is 3.50. The van der Waals surface area contributed by atoms with Crippen LogP contribution >= 0.6 is 0 Å². The lowest BCUT2D eigenvalue weighted by atomic mass is 10.1. The van der Waals surface area contributed by atoms with Crippen LogP contribution in [0.5, 0.6) is 0 Å². The maximum absolute atomic E-state index is 9.46. The summed E-state index contributed by atoms with van der Waals surface area (Å²) in [6.45, 7) is 1.96. The number of rotatable bonds is 5. The van der Waals surface area contributed by atoms with Gasteiger partial charge in [0.2, 0.25) is 5.95 Å². The fourth-order valence-electron chi connectivity index (χ4n) is 3.91. The Morgan fingerprint density at radius 3 is 2.62 bits per heavy atom. The predicted molar refractivity (Wildman–Crippen MR) is 132 cm³/mol. The van der Waals surface area contributed by atoms with E-state index in [9.17, 15) is 5.26 Å². The Labute approximate surface area is 197 Å². The number of hydrogen-bond donors (Lipinski definition) is 1. The number of nitrogens with zero attached hydrogens (tertiary/aromatic N) is 8. The third-order valence-electron chi connectivity index (χ3n) is 5.65. The Hall–Kier alpha value is -4.71. The van der Waals surface area contributed by atoms with Crippen LogP contribution in [0, 0.1) is 18.3 Å². The fourth-order valence-corrected chi connectivity index (χ4v) is 3.91. The zero-order valence-corrected chi connectivity index (χ0v) is 19.4. The molecule has 168 valence electrons. The monoisotopic (exact) mass is 449 g/mol. The van der Waals surface area contributed by atoms with E-state index in [4.69, 9.17) is 9.97 Å². The van der Waals surface area contributed by atoms with Gasteiger partial charge in [-0.05, 0) is 49.4 Å². The highest BCUT2D eigenvalue weighted by molar-refractivity contribution is 5.82. The number of hydrogen-bond acceptors (Lipinski definition) is 7. The first-order valence-corrected chi connectivity index (χ1v) is 10.7. The van der Waals surface area contributed by atoms with Crippen molar-refractivity contribution in [3.05, 3.63) is 72.3 Å². The highest BCUT2D eigenvalue weighted by Gasteiger charge is 2.21. The fraction of sp³-hybridized carbons (Fsp3) is 0.160. The molecular formula is C25H23N9. The van der Waals surface area contributed by atoms with Crippen molar-refractivity contribution in [1.82, 2.24) is 29.5 Å². The zero-order valence-electron chi connectivity index (χ0n) is 19.4. The molecule has 0 fully saturated rings. The molecule has 9 nitrogen and oxygen atoms in total. The molecular weight excluding hydrogens is 426 g/mol. The van der Waals surface area contributed by atoms with Gasteiger partial charge in [0, 0.05) is 38.6 Å². The molecule has 4 heterocycles. The molecule has 1 N–H and O–H groups in total. The van der Waals surface area contributed by atoms with E-state index in [1.807, 2.05) is 92.6 Å². The molecule has 0 amide bonds. The summed E-state index contributed by atoms with van der Waals surface area (Å²) < 4.78 is 1.72. The number of imidazole rings is 1. The first kappa shape index (κ1) is 21.2. The lowest BCUT2D eigenvalue weighted by molar-refractivity contribution is 0.962. The van der Waals surface area contributed by atoms with Crippen molar-refractivity contribution in [2.45, 2.75) is 6.92 Å². The minimum absolute atomic E-state index is 0.580. The van der Waals surface area contributed by atoms with E-state index in [-0.39, 0.29) is 0 Å². The minimum Gasteiger partial charge on any atom is -0.376 e. The number of nitrogens with one attached hydrogen (secondary N) is 1. The largest absolute Gasteiger partial charge is 0.376 e. The summed E-state index contributed by atoms with van der Waals surface area (Å²) in [6, 6.07) is 17.6. The molecule has 0 unspecified atom stereocenters. The highest BCUT2D eigenvalue weighted by Crippen LogP contribution is 2.36. The third-order valence-corrected chi connectivity index (χ3v) is 5.65. The van der Waals surface area contributed by atoms with Crippen LogP contribution in [0.15, 0.2) is 61.1 Å². The molecule has 5 aromatic rings. The van der Waals surface area contributed by atoms with E-state index >= 15 is 0 Å². The molecule has 0 saturated carbocycles. The van der Waals surface area contributed by atoms with Gasteiger partial charge in [-0.2, -0.15) is 10.4 Å². The van der Waals surface area contributed by atoms with Crippen LogP contribution < -0.4 is 9.80 Å². The van der Waals surface area contributed by atoms with Gasteiger partial charge in [0.15, 0.2) is 5.65 Å². The number of aromatic amines is 1. The van der Waals surface area contributed by atoms with Crippen molar-refractivity contribution in [2.75, 3.05) is 30.9 Å². The second-order valence-electron chi connectivity index (χ2n) is 8.20. The summed E-state index contributed by atoms with van der Waals surface area (Å²) in [5.74, 6) is 0.630. The summed E-state index contributed by atoms with van der Waals surface area (Å²) in [5.41, 5.74) is 7.31. The van der Waals surface area contributed by atoms with Crippen LogP contribution in [0.4, 0.5) is 17.3 Å². The molecule has 9 heteroatoms. The standard InChI is InChI=1S/C25H23N9/c1-16-6-5-7-19(29-16)24-23(18-9-11-22-27-15-28-34(22)14-18)30-25(31-24)33(4)21-12-17(13-26)8-10-20(21)32(2)3/h5-12,14-15H,1-4H3,(H,30,31). The van der Waals surface area contributed by atoms with Gasteiger partial charge in [-0.3, -0.25) is 4.98 Å². The molecule has 0 atom stereocenters. The van der Waals surface area contributed by atoms with Gasteiger partial charge in [-0.25, -0.2) is 14.5 Å². The smallest absolute Gasteiger partial charge is 0.208 e. The Morgan fingerprint density at radius 1 is 1.00 bits per heavy atom. The molecule has 0 aliphatic rings. The minimum atomic E-state index is 0.580. The Morgan fingerprint density at radius 2 is 1.85 bits per heavy atom. The van der Waals surface area contributed by atoms with Gasteiger partial charge >= 0.3 is 0 Å². The van der Waals surface area contributed by atoms with Gasteiger partial charge in [0.1, 0.15) is 12.0 Å². The van der Waals surface area contributed by atoms with E-state index < -0.39 is 0 Å². The van der Waals surface area contributed by atoms with E-state index in [0.29, 0.717) is 11.5 Å². The van der Waals surface area contributed by atoms with Gasteiger partial charge < -0.3 is 14.8 Å². The van der Waals surface area contributed by atoms with Gasteiger partial charge in [0.25, 0.3) is 0 Å². The highest BCUT2D eigenvalue weighted by atomic mass is 15.3. The summed E-state index contributed by atoms with van der Waals surface area (Å²) in [5, 5.41) is 13.7. The molecule has 0 saturated heterocycles. The quantitative estimate of drug-likeness (QED) is 0.429. The van der Waals surface area contributed by atoms with Crippen LogP contribution in [0.2, 0.25) is 0 Å². The molecule has 0 spiro atoms. The first-order chi connectivity index (χ1) is 16.4. The van der Waals surface area contributed by atoms with Gasteiger partial charge in [0.05, 0.1) is 34.4 Å². The maximum Gasteiger partial charge on any atom is 0.208 e. The predicted octanol–water partition coefficient (Wildman–Crippen LogP) is 4.20. The topological polar surface area (TPSA) is 102 Å². The lowest BCUT2D eigenvalue weighted by Gasteiger charge is -2.24. The van der Waals surface area contributed by atoms with Crippen molar-refractivity contribution in [1.29, 1.82) is 5.26 Å². The molecule has 0 aliphatic carbocycles. The molecule has 0 aliphatic heterocycles. The van der Waals surface area contributed by atoms with Crippen LogP contribution in [-0.4, -0.2) is 50.7 Å². The SMILES string of the molecule is Cc1cccc(-c2[nH]c(N(C)c3cc(C#N)ccc3N(C)C)nc2-c2ccc3ncnn3c2)n1. The lowest BCUT2D eigenvalue weighted by Crippen LogP contribution is -2.17. The summed E-state index contributed by atoms with van der Waals surface area (Å²) in [4.78, 5) is 21.4. The molecule has 0 bridgehead atoms. The van der Waals surface area contributed by atoms with Crippen molar-refractivity contribution in [3.8, 4) is 28.7 Å². The summed E-state index contributed by atoms with van der Waals surface area (Å²) in [7, 11) is 5.88. The molecule has 4 aromatic heterocycles. The van der Waals surface area contributed by atoms with Crippen molar-refractivity contribution in [2.24, 2.45) is 0 Å². The van der Waals surface area contributed by atoms with Crippen LogP contribution in [0.25, 0.3) is 28.3 Å². The summed E-state index contributed by atoms with van der Waals surface area (Å²) >= 11 is 0. The number of aromatic nitrogens is 6. The van der Waals surface area contributed by atoms with Crippen molar-refractivity contribution >= 4 is 23.0 Å². The number of anilines is 3. The average molecular weight is 450 g/mol. The number of benzene rings is 1. The molecule has 5 rings (SSSR count). The van der Waals surface area contributed by atoms with E-state index in [0.717, 1.165) is 45.4 Å². The van der Waals surface area contributed by atoms with Gasteiger partial charge in [-0.1, -0.05) is 6.07 Å². The summed E-state index contributed by atoms with van der Waals surface area (Å²) in [6.07, 6.45) is 3.43. The molecule has 34 heavy (non-hydrogen) atoms. The third kappa shape index (κ3) is 3.71. The van der Waals surface area contributed by atoms with E-state index in [1.165, 1.54) is 6.33 Å². The van der Waals surface area contributed by atoms with Crippen LogP contribution in [0.1, 0.15) is 11.3 Å². The maximum atomic E-state index is 9.46. The van der Waals surface area contributed by atoms with Crippen LogP contribution in [0.3, 0.4) is 0 Å². The molecule has 1 aromatic carbocycles.